The molecular weight excluding hydrogens is 344 g/mol. The van der Waals surface area contributed by atoms with E-state index in [2.05, 4.69) is 31.3 Å². The van der Waals surface area contributed by atoms with Crippen LogP contribution in [0.2, 0.25) is 0 Å². The Labute approximate surface area is 152 Å². The highest BCUT2D eigenvalue weighted by molar-refractivity contribution is 7.12. The molecule has 0 aliphatic heterocycles. The number of carbonyl (C=O) groups excluding carboxylic acids is 2. The lowest BCUT2D eigenvalue weighted by molar-refractivity contribution is 0.0955. The van der Waals surface area contributed by atoms with Crippen LogP contribution in [0.25, 0.3) is 0 Å². The molecule has 1 unspecified atom stereocenters. The first kappa shape index (κ1) is 20.4. The SMILES string of the molecule is CC(=O)c1csc(C(=O)NCC(N)c2ccc(C(C)C)cc2)c1.Cl. The van der Waals surface area contributed by atoms with Gasteiger partial charge < -0.3 is 11.1 Å². The first-order valence-electron chi connectivity index (χ1n) is 7.61. The Kier molecular flexibility index (Phi) is 7.60. The molecule has 130 valence electrons. The summed E-state index contributed by atoms with van der Waals surface area (Å²) in [6.07, 6.45) is 0. The summed E-state index contributed by atoms with van der Waals surface area (Å²) in [4.78, 5) is 23.9. The molecule has 6 heteroatoms. The van der Waals surface area contributed by atoms with Crippen molar-refractivity contribution in [1.82, 2.24) is 5.32 Å². The Hall–Kier alpha value is -1.69. The van der Waals surface area contributed by atoms with Crippen LogP contribution in [0.5, 0.6) is 0 Å². The normalized spacial score (nSPS) is 11.7. The molecule has 2 aromatic rings. The largest absolute Gasteiger partial charge is 0.349 e. The van der Waals surface area contributed by atoms with E-state index in [1.165, 1.54) is 23.8 Å². The van der Waals surface area contributed by atoms with Gasteiger partial charge in [-0.3, -0.25) is 9.59 Å². The predicted molar refractivity (Wildman–Crippen MR) is 101 cm³/mol. The Bertz CT molecular complexity index is 695. The van der Waals surface area contributed by atoms with Crippen LogP contribution in [0, 0.1) is 0 Å². The number of Topliss-reactive ketones (excluding diaryl/α,β-unsaturated/α-hetero) is 1. The minimum Gasteiger partial charge on any atom is -0.349 e. The van der Waals surface area contributed by atoms with Gasteiger partial charge >= 0.3 is 0 Å². The lowest BCUT2D eigenvalue weighted by atomic mass is 9.99. The molecule has 2 rings (SSSR count). The van der Waals surface area contributed by atoms with Gasteiger partial charge in [0.1, 0.15) is 0 Å². The van der Waals surface area contributed by atoms with Crippen molar-refractivity contribution in [3.63, 3.8) is 0 Å². The zero-order chi connectivity index (χ0) is 17.0. The van der Waals surface area contributed by atoms with E-state index in [4.69, 9.17) is 5.73 Å². The molecule has 0 fully saturated rings. The summed E-state index contributed by atoms with van der Waals surface area (Å²) in [5.74, 6) is 0.244. The van der Waals surface area contributed by atoms with E-state index >= 15 is 0 Å². The van der Waals surface area contributed by atoms with E-state index in [9.17, 15) is 9.59 Å². The van der Waals surface area contributed by atoms with Gasteiger partial charge in [0, 0.05) is 23.5 Å². The van der Waals surface area contributed by atoms with Crippen molar-refractivity contribution in [2.45, 2.75) is 32.7 Å². The highest BCUT2D eigenvalue weighted by atomic mass is 35.5. The first-order valence-corrected chi connectivity index (χ1v) is 8.49. The molecule has 0 bridgehead atoms. The molecule has 1 aromatic heterocycles. The fourth-order valence-electron chi connectivity index (χ4n) is 2.18. The molecule has 24 heavy (non-hydrogen) atoms. The molecule has 0 saturated heterocycles. The molecular formula is C18H23ClN2O2S. The molecule has 1 atom stereocenters. The lowest BCUT2D eigenvalue weighted by Crippen LogP contribution is -2.31. The van der Waals surface area contributed by atoms with Crippen molar-refractivity contribution < 1.29 is 9.59 Å². The average Bonchev–Trinajstić information content (AvgIpc) is 3.02. The van der Waals surface area contributed by atoms with Gasteiger partial charge in [-0.05, 0) is 30.0 Å². The quantitative estimate of drug-likeness (QED) is 0.761. The maximum Gasteiger partial charge on any atom is 0.261 e. The van der Waals surface area contributed by atoms with E-state index < -0.39 is 0 Å². The minimum atomic E-state index is -0.257. The van der Waals surface area contributed by atoms with Crippen LogP contribution in [0.3, 0.4) is 0 Å². The molecule has 3 N–H and O–H groups in total. The van der Waals surface area contributed by atoms with Crippen molar-refractivity contribution in [2.75, 3.05) is 6.54 Å². The maximum atomic E-state index is 12.1. The van der Waals surface area contributed by atoms with Crippen LogP contribution in [0.15, 0.2) is 35.7 Å². The van der Waals surface area contributed by atoms with Gasteiger partial charge in [-0.2, -0.15) is 0 Å². The van der Waals surface area contributed by atoms with Crippen LogP contribution >= 0.6 is 23.7 Å². The molecule has 0 aliphatic carbocycles. The van der Waals surface area contributed by atoms with Gasteiger partial charge in [0.25, 0.3) is 5.91 Å². The van der Waals surface area contributed by atoms with E-state index in [0.29, 0.717) is 22.9 Å². The summed E-state index contributed by atoms with van der Waals surface area (Å²) in [5, 5.41) is 4.52. The second-order valence-corrected chi connectivity index (χ2v) is 6.80. The smallest absolute Gasteiger partial charge is 0.261 e. The average molecular weight is 367 g/mol. The fraction of sp³-hybridized carbons (Fsp3) is 0.333. The van der Waals surface area contributed by atoms with E-state index in [1.807, 2.05) is 12.1 Å². The Morgan fingerprint density at radius 2 is 1.75 bits per heavy atom. The molecule has 0 radical (unpaired) electrons. The first-order chi connectivity index (χ1) is 10.9. The second kappa shape index (κ2) is 8.97. The van der Waals surface area contributed by atoms with Gasteiger partial charge in [-0.25, -0.2) is 0 Å². The van der Waals surface area contributed by atoms with Gasteiger partial charge in [0.15, 0.2) is 5.78 Å². The van der Waals surface area contributed by atoms with Crippen LogP contribution in [0.4, 0.5) is 0 Å². The Morgan fingerprint density at radius 3 is 2.25 bits per heavy atom. The molecule has 1 amide bonds. The summed E-state index contributed by atoms with van der Waals surface area (Å²) in [5.41, 5.74) is 8.95. The molecule has 1 heterocycles. The summed E-state index contributed by atoms with van der Waals surface area (Å²) in [7, 11) is 0. The zero-order valence-electron chi connectivity index (χ0n) is 14.0. The van der Waals surface area contributed by atoms with Crippen LogP contribution in [-0.4, -0.2) is 18.2 Å². The molecule has 0 spiro atoms. The Balaban J connectivity index is 0.00000288. The van der Waals surface area contributed by atoms with E-state index in [0.717, 1.165) is 5.56 Å². The maximum absolute atomic E-state index is 12.1. The highest BCUT2D eigenvalue weighted by Gasteiger charge is 2.13. The number of rotatable bonds is 6. The number of nitrogens with two attached hydrogens (primary N) is 1. The number of carbonyl (C=O) groups is 2. The third kappa shape index (κ3) is 5.16. The summed E-state index contributed by atoms with van der Waals surface area (Å²) < 4.78 is 0. The Morgan fingerprint density at radius 1 is 1.17 bits per heavy atom. The molecule has 0 aliphatic rings. The second-order valence-electron chi connectivity index (χ2n) is 5.89. The number of ketones is 1. The summed E-state index contributed by atoms with van der Waals surface area (Å²) in [6, 6.07) is 9.51. The minimum absolute atomic E-state index is 0. The van der Waals surface area contributed by atoms with Crippen molar-refractivity contribution in [3.05, 3.63) is 57.3 Å². The predicted octanol–water partition coefficient (Wildman–Crippen LogP) is 3.93. The van der Waals surface area contributed by atoms with Crippen LogP contribution in [-0.2, 0) is 0 Å². The zero-order valence-corrected chi connectivity index (χ0v) is 15.7. The van der Waals surface area contributed by atoms with Crippen molar-refractivity contribution in [3.8, 4) is 0 Å². The topological polar surface area (TPSA) is 72.2 Å². The lowest BCUT2D eigenvalue weighted by Gasteiger charge is -2.14. The molecule has 1 aromatic carbocycles. The number of thiophene rings is 1. The number of benzene rings is 1. The number of hydrogen-bond donors (Lipinski definition) is 2. The number of amides is 1. The van der Waals surface area contributed by atoms with E-state index in [-0.39, 0.29) is 30.1 Å². The number of nitrogens with one attached hydrogen (secondary N) is 1. The summed E-state index contributed by atoms with van der Waals surface area (Å²) in [6.45, 7) is 6.13. The van der Waals surface area contributed by atoms with Crippen LogP contribution in [0.1, 0.15) is 63.9 Å². The molecule has 4 nitrogen and oxygen atoms in total. The third-order valence-electron chi connectivity index (χ3n) is 3.74. The van der Waals surface area contributed by atoms with Gasteiger partial charge in [-0.15, -0.1) is 23.7 Å². The van der Waals surface area contributed by atoms with Gasteiger partial charge in [0.2, 0.25) is 0 Å². The van der Waals surface area contributed by atoms with Crippen molar-refractivity contribution in [1.29, 1.82) is 0 Å². The van der Waals surface area contributed by atoms with Crippen molar-refractivity contribution >= 4 is 35.4 Å². The number of halogens is 1. The van der Waals surface area contributed by atoms with E-state index in [1.54, 1.807) is 11.4 Å². The summed E-state index contributed by atoms with van der Waals surface area (Å²) >= 11 is 1.26. The monoisotopic (exact) mass is 366 g/mol. The number of hydrogen-bond acceptors (Lipinski definition) is 4. The van der Waals surface area contributed by atoms with Gasteiger partial charge in [-0.1, -0.05) is 38.1 Å². The highest BCUT2D eigenvalue weighted by Crippen LogP contribution is 2.18. The molecule has 0 saturated carbocycles. The van der Waals surface area contributed by atoms with Gasteiger partial charge in [0.05, 0.1) is 4.88 Å². The third-order valence-corrected chi connectivity index (χ3v) is 4.67. The van der Waals surface area contributed by atoms with Crippen LogP contribution < -0.4 is 11.1 Å². The standard InChI is InChI=1S/C18H22N2O2S.ClH/c1-11(2)13-4-6-14(7-5-13)16(19)9-20-18(22)17-8-15(10-23-17)12(3)21;/h4-8,10-11,16H,9,19H2,1-3H3,(H,20,22);1H. The van der Waals surface area contributed by atoms with Crippen molar-refractivity contribution in [2.24, 2.45) is 5.73 Å². The fourth-order valence-corrected chi connectivity index (χ4v) is 3.04.